The lowest BCUT2D eigenvalue weighted by molar-refractivity contribution is 0.976. The molecule has 1 unspecified atom stereocenters. The molecule has 2 heteroatoms. The molecule has 29 heavy (non-hydrogen) atoms. The summed E-state index contributed by atoms with van der Waals surface area (Å²) in [6.07, 6.45) is 0. The number of nitrogens with one attached hydrogen (secondary N) is 1. The van der Waals surface area contributed by atoms with Gasteiger partial charge in [0.15, 0.2) is 0 Å². The molecule has 144 valence electrons. The smallest absolute Gasteiger partial charge is 0.0400 e. The zero-order valence-electron chi connectivity index (χ0n) is 16.7. The number of aryl methyl sites for hydroxylation is 1. The molecule has 2 nitrogen and oxygen atoms in total. The molecule has 0 heterocycles. The Hall–Kier alpha value is -3.52. The molecule has 1 atom stereocenters. The summed E-state index contributed by atoms with van der Waals surface area (Å²) >= 11 is 0. The summed E-state index contributed by atoms with van der Waals surface area (Å²) < 4.78 is 0. The number of hydrogen-bond donors (Lipinski definition) is 2. The molecule has 0 aliphatic rings. The van der Waals surface area contributed by atoms with E-state index in [1.807, 2.05) is 18.2 Å². The fourth-order valence-corrected chi connectivity index (χ4v) is 3.62. The Balaban J connectivity index is 1.60. The third-order valence-electron chi connectivity index (χ3n) is 5.26. The Bertz CT molecular complexity index is 989. The third kappa shape index (κ3) is 4.67. The molecule has 0 saturated heterocycles. The number of nitrogens with two attached hydrogens (primary N) is 1. The number of rotatable bonds is 6. The predicted octanol–water partition coefficient (Wildman–Crippen LogP) is 6.37. The van der Waals surface area contributed by atoms with Crippen molar-refractivity contribution in [2.24, 2.45) is 0 Å². The lowest BCUT2D eigenvalue weighted by Gasteiger charge is -2.20. The Morgan fingerprint density at radius 1 is 0.655 bits per heavy atom. The highest BCUT2D eigenvalue weighted by Crippen LogP contribution is 2.33. The molecule has 0 aliphatic carbocycles. The Morgan fingerprint density at radius 2 is 1.17 bits per heavy atom. The molecule has 3 N–H and O–H groups in total. The maximum absolute atomic E-state index is 5.92. The van der Waals surface area contributed by atoms with Gasteiger partial charge in [-0.1, -0.05) is 84.4 Å². The Morgan fingerprint density at radius 3 is 1.76 bits per heavy atom. The summed E-state index contributed by atoms with van der Waals surface area (Å²) in [7, 11) is 0. The van der Waals surface area contributed by atoms with E-state index in [1.54, 1.807) is 0 Å². The van der Waals surface area contributed by atoms with Crippen LogP contribution in [0, 0.1) is 6.92 Å². The van der Waals surface area contributed by atoms with Gasteiger partial charge < -0.3 is 11.1 Å². The van der Waals surface area contributed by atoms with E-state index >= 15 is 0 Å². The molecule has 0 aliphatic heterocycles. The molecule has 0 amide bonds. The summed E-state index contributed by atoms with van der Waals surface area (Å²) in [4.78, 5) is 0. The van der Waals surface area contributed by atoms with Crippen molar-refractivity contribution in [3.63, 3.8) is 0 Å². The lowest BCUT2D eigenvalue weighted by atomic mass is 9.85. The van der Waals surface area contributed by atoms with Crippen LogP contribution in [-0.2, 0) is 6.54 Å². The van der Waals surface area contributed by atoms with Gasteiger partial charge in [-0.15, -0.1) is 0 Å². The summed E-state index contributed by atoms with van der Waals surface area (Å²) in [6, 6.07) is 36.2. The quantitative estimate of drug-likeness (QED) is 0.302. The van der Waals surface area contributed by atoms with Crippen LogP contribution in [-0.4, -0.2) is 0 Å². The van der Waals surface area contributed by atoms with E-state index in [2.05, 4.69) is 97.2 Å². The highest BCUT2D eigenvalue weighted by molar-refractivity contribution is 5.51. The summed E-state index contributed by atoms with van der Waals surface area (Å²) in [5, 5.41) is 3.51. The molecule has 0 bridgehead atoms. The first-order valence-corrected chi connectivity index (χ1v) is 9.99. The number of anilines is 2. The number of benzene rings is 4. The van der Waals surface area contributed by atoms with Gasteiger partial charge in [0.05, 0.1) is 0 Å². The van der Waals surface area contributed by atoms with Crippen molar-refractivity contribution in [1.29, 1.82) is 0 Å². The Kier molecular flexibility index (Phi) is 5.62. The monoisotopic (exact) mass is 378 g/mol. The highest BCUT2D eigenvalue weighted by atomic mass is 14.9. The van der Waals surface area contributed by atoms with Crippen molar-refractivity contribution in [2.45, 2.75) is 19.4 Å². The van der Waals surface area contributed by atoms with E-state index in [-0.39, 0.29) is 5.92 Å². The van der Waals surface area contributed by atoms with Crippen LogP contribution in [0.25, 0.3) is 0 Å². The minimum Gasteiger partial charge on any atom is -0.399 e. The standard InChI is InChI=1S/C27H26N2/c1-20-7-9-22(10-8-20)27(23-11-15-25(28)16-12-23)24-13-17-26(18-14-24)29-19-21-5-3-2-4-6-21/h2-18,27,29H,19,28H2,1H3. The van der Waals surface area contributed by atoms with Gasteiger partial charge in [-0.3, -0.25) is 0 Å². The number of nitrogen functional groups attached to an aromatic ring is 1. The minimum absolute atomic E-state index is 0.180. The first-order chi connectivity index (χ1) is 14.2. The molecule has 4 rings (SSSR count). The minimum atomic E-state index is 0.180. The van der Waals surface area contributed by atoms with Gasteiger partial charge >= 0.3 is 0 Å². The van der Waals surface area contributed by atoms with E-state index in [1.165, 1.54) is 27.8 Å². The predicted molar refractivity (Wildman–Crippen MR) is 123 cm³/mol. The molecular formula is C27H26N2. The lowest BCUT2D eigenvalue weighted by Crippen LogP contribution is -2.05. The van der Waals surface area contributed by atoms with Crippen molar-refractivity contribution in [3.05, 3.63) is 131 Å². The second-order valence-electron chi connectivity index (χ2n) is 7.47. The van der Waals surface area contributed by atoms with Gasteiger partial charge in [0.1, 0.15) is 0 Å². The van der Waals surface area contributed by atoms with Crippen molar-refractivity contribution in [2.75, 3.05) is 11.1 Å². The fraction of sp³-hybridized carbons (Fsp3) is 0.111. The van der Waals surface area contributed by atoms with Crippen LogP contribution in [0.15, 0.2) is 103 Å². The normalized spacial score (nSPS) is 11.8. The van der Waals surface area contributed by atoms with Crippen LogP contribution in [0.3, 0.4) is 0 Å². The van der Waals surface area contributed by atoms with Gasteiger partial charge in [-0.05, 0) is 53.4 Å². The van der Waals surface area contributed by atoms with Crippen molar-refractivity contribution < 1.29 is 0 Å². The molecule has 4 aromatic carbocycles. The van der Waals surface area contributed by atoms with Gasteiger partial charge in [-0.25, -0.2) is 0 Å². The van der Waals surface area contributed by atoms with Gasteiger partial charge in [0, 0.05) is 23.8 Å². The van der Waals surface area contributed by atoms with E-state index in [0.717, 1.165) is 17.9 Å². The molecule has 0 spiro atoms. The molecule has 4 aromatic rings. The average molecular weight is 379 g/mol. The molecule has 0 saturated carbocycles. The van der Waals surface area contributed by atoms with Crippen molar-refractivity contribution in [3.8, 4) is 0 Å². The zero-order chi connectivity index (χ0) is 20.1. The molecular weight excluding hydrogens is 352 g/mol. The maximum atomic E-state index is 5.92. The van der Waals surface area contributed by atoms with Crippen LogP contribution in [0.1, 0.15) is 33.7 Å². The highest BCUT2D eigenvalue weighted by Gasteiger charge is 2.16. The molecule has 0 fully saturated rings. The van der Waals surface area contributed by atoms with Crippen LogP contribution < -0.4 is 11.1 Å². The second kappa shape index (κ2) is 8.66. The maximum Gasteiger partial charge on any atom is 0.0400 e. The van der Waals surface area contributed by atoms with E-state index < -0.39 is 0 Å². The van der Waals surface area contributed by atoms with E-state index in [4.69, 9.17) is 5.73 Å². The molecule has 0 radical (unpaired) electrons. The van der Waals surface area contributed by atoms with Crippen molar-refractivity contribution >= 4 is 11.4 Å². The van der Waals surface area contributed by atoms with Crippen LogP contribution in [0.2, 0.25) is 0 Å². The van der Waals surface area contributed by atoms with Crippen molar-refractivity contribution in [1.82, 2.24) is 0 Å². The van der Waals surface area contributed by atoms with Crippen LogP contribution >= 0.6 is 0 Å². The summed E-state index contributed by atoms with van der Waals surface area (Å²) in [5.74, 6) is 0.180. The van der Waals surface area contributed by atoms with Gasteiger partial charge in [0.2, 0.25) is 0 Å². The van der Waals surface area contributed by atoms with Gasteiger partial charge in [-0.2, -0.15) is 0 Å². The third-order valence-corrected chi connectivity index (χ3v) is 5.26. The fourth-order valence-electron chi connectivity index (χ4n) is 3.62. The Labute approximate surface area is 173 Å². The van der Waals surface area contributed by atoms with Crippen LogP contribution in [0.4, 0.5) is 11.4 Å². The van der Waals surface area contributed by atoms with E-state index in [9.17, 15) is 0 Å². The summed E-state index contributed by atoms with van der Waals surface area (Å²) in [6.45, 7) is 2.94. The SMILES string of the molecule is Cc1ccc(C(c2ccc(N)cc2)c2ccc(NCc3ccccc3)cc2)cc1. The van der Waals surface area contributed by atoms with E-state index in [0.29, 0.717) is 0 Å². The average Bonchev–Trinajstić information content (AvgIpc) is 2.77. The largest absolute Gasteiger partial charge is 0.399 e. The second-order valence-corrected chi connectivity index (χ2v) is 7.47. The first kappa shape index (κ1) is 18.8. The first-order valence-electron chi connectivity index (χ1n) is 9.99. The summed E-state index contributed by atoms with van der Waals surface area (Å²) in [5.41, 5.74) is 14.2. The molecule has 0 aromatic heterocycles. The van der Waals surface area contributed by atoms with Crippen LogP contribution in [0.5, 0.6) is 0 Å². The zero-order valence-corrected chi connectivity index (χ0v) is 16.7. The topological polar surface area (TPSA) is 38.0 Å². The van der Waals surface area contributed by atoms with Gasteiger partial charge in [0.25, 0.3) is 0 Å². The number of hydrogen-bond acceptors (Lipinski definition) is 2.